The van der Waals surface area contributed by atoms with E-state index in [1.807, 2.05) is 0 Å². The molecular formula is C55H96S7. The highest BCUT2D eigenvalue weighted by atomic mass is 32.2. The highest BCUT2D eigenvalue weighted by Crippen LogP contribution is 2.42. The van der Waals surface area contributed by atoms with Gasteiger partial charge in [-0.2, -0.15) is 82.3 Å². The summed E-state index contributed by atoms with van der Waals surface area (Å²) in [7, 11) is 0. The van der Waals surface area contributed by atoms with Crippen LogP contribution in [0.4, 0.5) is 0 Å². The second-order valence-electron chi connectivity index (χ2n) is 23.5. The lowest BCUT2D eigenvalue weighted by Gasteiger charge is -2.33. The SMILES string of the molecule is C1CC2CCC1CSCC1CCC(CC1)CSCC1CCC(CC1)CSCC1CCC(CC1)CSC1CCC(CC1)CSCC1CCC(CC1)CSCC1CCC(CC1)CSC2. The van der Waals surface area contributed by atoms with Gasteiger partial charge >= 0.3 is 0 Å². The molecule has 11 saturated heterocycles. The summed E-state index contributed by atoms with van der Waals surface area (Å²) in [6.45, 7) is 0. The molecule has 0 aromatic rings. The minimum atomic E-state index is 0.983. The lowest BCUT2D eigenvalue weighted by molar-refractivity contribution is 0.306. The summed E-state index contributed by atoms with van der Waals surface area (Å²) in [4.78, 5) is 0. The van der Waals surface area contributed by atoms with Gasteiger partial charge in [0.25, 0.3) is 0 Å². The van der Waals surface area contributed by atoms with Crippen LogP contribution >= 0.6 is 82.3 Å². The highest BCUT2D eigenvalue weighted by Gasteiger charge is 2.30. The van der Waals surface area contributed by atoms with Gasteiger partial charge in [0.2, 0.25) is 0 Å². The summed E-state index contributed by atoms with van der Waals surface area (Å²) in [5.74, 6) is 32.5. The van der Waals surface area contributed by atoms with Crippen molar-refractivity contribution in [1.29, 1.82) is 0 Å². The van der Waals surface area contributed by atoms with Crippen molar-refractivity contribution in [1.82, 2.24) is 0 Å². The molecule has 0 spiro atoms. The highest BCUT2D eigenvalue weighted by molar-refractivity contribution is 8.00. The van der Waals surface area contributed by atoms with Gasteiger partial charge in [-0.15, -0.1) is 0 Å². The zero-order valence-corrected chi connectivity index (χ0v) is 45.6. The fourth-order valence-corrected chi connectivity index (χ4v) is 23.8. The summed E-state index contributed by atoms with van der Waals surface area (Å²) < 4.78 is 0. The predicted molar refractivity (Wildman–Crippen MR) is 295 cm³/mol. The van der Waals surface area contributed by atoms with Gasteiger partial charge in [-0.1, -0.05) is 0 Å². The molecular weight excluding hydrogens is 885 g/mol. The standard InChI is InChI=1S/C55H96S7/c1-3-43-4-2-42(1)29-56-31-44-5-7-46(8-6-44)33-58-35-48-13-15-50(16-14-48)37-60-39-52-21-23-54(24-22-52)41-62-55-27-25-53(26-28-55)40-61-38-51-19-17-49(18-20-51)36-59-34-47-11-9-45(10-12-47)32-57-30-43/h42-55H,1-41H2. The van der Waals surface area contributed by atoms with Gasteiger partial charge in [-0.05, 0) is 332 Å². The Hall–Kier alpha value is 2.45. The zero-order chi connectivity index (χ0) is 42.0. The second kappa shape index (κ2) is 29.0. The van der Waals surface area contributed by atoms with Crippen molar-refractivity contribution in [2.24, 2.45) is 76.9 Å². The predicted octanol–water partition coefficient (Wildman–Crippen LogP) is 17.5. The minimum absolute atomic E-state index is 0.983. The van der Waals surface area contributed by atoms with E-state index in [2.05, 4.69) is 82.3 Å². The van der Waals surface area contributed by atoms with Crippen molar-refractivity contribution in [2.75, 3.05) is 74.8 Å². The summed E-state index contributed by atoms with van der Waals surface area (Å²) >= 11 is 16.6. The summed E-state index contributed by atoms with van der Waals surface area (Å²) in [6.07, 6.45) is 42.9. The first kappa shape index (κ1) is 50.8. The number of hydrogen-bond acceptors (Lipinski definition) is 7. The monoisotopic (exact) mass is 981 g/mol. The fraction of sp³-hybridized carbons (Fsp3) is 1.00. The Labute approximate surface area is 415 Å². The van der Waals surface area contributed by atoms with Crippen molar-refractivity contribution in [2.45, 2.75) is 185 Å². The number of hydrogen-bond donors (Lipinski definition) is 0. The lowest BCUT2D eigenvalue weighted by atomic mass is 9.84. The van der Waals surface area contributed by atoms with E-state index in [4.69, 9.17) is 0 Å². The maximum atomic E-state index is 2.41. The normalized spacial score (nSPS) is 43.0. The first-order valence-corrected chi connectivity index (χ1v) is 35.7. The van der Waals surface area contributed by atoms with Crippen LogP contribution in [-0.2, 0) is 0 Å². The molecule has 18 aliphatic rings. The first-order chi connectivity index (χ1) is 30.6. The van der Waals surface area contributed by atoms with Crippen molar-refractivity contribution in [3.05, 3.63) is 0 Å². The van der Waals surface area contributed by atoms with Gasteiger partial charge in [0.15, 0.2) is 0 Å². The van der Waals surface area contributed by atoms with Gasteiger partial charge in [0, 0.05) is 5.25 Å². The van der Waals surface area contributed by atoms with E-state index in [1.165, 1.54) is 255 Å². The van der Waals surface area contributed by atoms with Crippen LogP contribution in [-0.4, -0.2) is 80.0 Å². The van der Waals surface area contributed by atoms with Crippen molar-refractivity contribution >= 4 is 82.3 Å². The summed E-state index contributed by atoms with van der Waals surface area (Å²) in [6, 6.07) is 0. The second-order valence-corrected chi connectivity index (χ2v) is 31.3. The molecule has 0 amide bonds. The minimum Gasteiger partial charge on any atom is -0.161 e. The van der Waals surface area contributed by atoms with Crippen molar-refractivity contribution < 1.29 is 0 Å². The average Bonchev–Trinajstić information content (AvgIpc) is 3.31. The van der Waals surface area contributed by atoms with E-state index in [9.17, 15) is 0 Å². The number of thioether (sulfide) groups is 7. The van der Waals surface area contributed by atoms with Gasteiger partial charge in [0.05, 0.1) is 0 Å². The van der Waals surface area contributed by atoms with E-state index in [0.717, 1.165) is 82.2 Å². The van der Waals surface area contributed by atoms with Crippen LogP contribution in [0.5, 0.6) is 0 Å². The third-order valence-corrected chi connectivity index (χ3v) is 28.5. The smallest absolute Gasteiger partial charge is 0.00473 e. The molecule has 0 aromatic heterocycles. The summed E-state index contributed by atoms with van der Waals surface area (Å²) in [5, 5.41) is 0.983. The molecule has 0 unspecified atom stereocenters. The topological polar surface area (TPSA) is 0 Å². The van der Waals surface area contributed by atoms with E-state index < -0.39 is 0 Å². The molecule has 0 N–H and O–H groups in total. The Morgan fingerprint density at radius 2 is 0.274 bits per heavy atom. The average molecular weight is 982 g/mol. The maximum Gasteiger partial charge on any atom is 0.00473 e. The molecule has 0 aromatic carbocycles. The van der Waals surface area contributed by atoms with Crippen LogP contribution in [0.25, 0.3) is 0 Å². The molecule has 358 valence electrons. The molecule has 7 aliphatic carbocycles. The first-order valence-electron chi connectivity index (χ1n) is 27.7. The molecule has 7 saturated carbocycles. The molecule has 7 heteroatoms. The van der Waals surface area contributed by atoms with Crippen LogP contribution in [0.2, 0.25) is 0 Å². The van der Waals surface area contributed by atoms with Crippen LogP contribution < -0.4 is 0 Å². The van der Waals surface area contributed by atoms with E-state index in [0.29, 0.717) is 0 Å². The Morgan fingerprint density at radius 3 is 0.435 bits per heavy atom. The van der Waals surface area contributed by atoms with Crippen molar-refractivity contribution in [3.63, 3.8) is 0 Å². The van der Waals surface area contributed by atoms with Gasteiger partial charge in [-0.25, -0.2) is 0 Å². The Morgan fingerprint density at radius 1 is 0.145 bits per heavy atom. The lowest BCUT2D eigenvalue weighted by Crippen LogP contribution is -2.23. The third-order valence-electron chi connectivity index (χ3n) is 18.4. The van der Waals surface area contributed by atoms with E-state index in [-0.39, 0.29) is 0 Å². The molecule has 0 nitrogen and oxygen atoms in total. The molecule has 14 bridgehead atoms. The molecule has 18 fully saturated rings. The molecule has 0 radical (unpaired) electrons. The number of fused-ring (bicyclic) bond motifs is 3. The van der Waals surface area contributed by atoms with Crippen LogP contribution in [0.1, 0.15) is 180 Å². The quantitative estimate of drug-likeness (QED) is 0.234. The zero-order valence-electron chi connectivity index (χ0n) is 39.9. The fourth-order valence-electron chi connectivity index (χ4n) is 13.5. The maximum absolute atomic E-state index is 2.41. The van der Waals surface area contributed by atoms with Crippen LogP contribution in [0.3, 0.4) is 0 Å². The largest absolute Gasteiger partial charge is 0.161 e. The Bertz CT molecular complexity index is 1050. The Balaban J connectivity index is 0.710. The van der Waals surface area contributed by atoms with Crippen LogP contribution in [0, 0.1) is 76.9 Å². The molecule has 0 atom stereocenters. The summed E-state index contributed by atoms with van der Waals surface area (Å²) in [5.41, 5.74) is 0. The molecule has 62 heavy (non-hydrogen) atoms. The molecule has 18 rings (SSSR count). The van der Waals surface area contributed by atoms with Crippen LogP contribution in [0.15, 0.2) is 0 Å². The van der Waals surface area contributed by atoms with Gasteiger partial charge < -0.3 is 0 Å². The number of rotatable bonds is 0. The molecule has 11 heterocycles. The van der Waals surface area contributed by atoms with Crippen molar-refractivity contribution in [3.8, 4) is 0 Å². The van der Waals surface area contributed by atoms with Gasteiger partial charge in [-0.3, -0.25) is 0 Å². The molecule has 11 aliphatic heterocycles. The Kier molecular flexibility index (Phi) is 23.7. The van der Waals surface area contributed by atoms with E-state index >= 15 is 0 Å². The van der Waals surface area contributed by atoms with E-state index in [1.54, 1.807) is 0 Å². The third kappa shape index (κ3) is 18.3. The van der Waals surface area contributed by atoms with Gasteiger partial charge in [0.1, 0.15) is 0 Å².